The summed E-state index contributed by atoms with van der Waals surface area (Å²) in [6.45, 7) is 2.25. The topological polar surface area (TPSA) is 82.1 Å². The van der Waals surface area contributed by atoms with E-state index in [-0.39, 0.29) is 24.9 Å². The summed E-state index contributed by atoms with van der Waals surface area (Å²) < 4.78 is 15.1. The van der Waals surface area contributed by atoms with E-state index in [1.807, 2.05) is 25.1 Å². The molecule has 7 nitrogen and oxygen atoms in total. The first kappa shape index (κ1) is 19.8. The van der Waals surface area contributed by atoms with E-state index in [4.69, 9.17) is 9.47 Å². The van der Waals surface area contributed by atoms with Gasteiger partial charge in [0, 0.05) is 6.54 Å². The molecule has 0 unspecified atom stereocenters. The first-order valence-corrected chi connectivity index (χ1v) is 9.06. The fourth-order valence-corrected chi connectivity index (χ4v) is 3.19. The largest absolute Gasteiger partial charge is 0.482 e. The number of carbonyl (C=O) groups is 3. The summed E-state index contributed by atoms with van der Waals surface area (Å²) in [5.41, 5.74) is 0.940. The van der Waals surface area contributed by atoms with E-state index in [1.165, 1.54) is 29.8 Å². The third-order valence-electron chi connectivity index (χ3n) is 3.58. The average molecular weight is 379 g/mol. The molecule has 0 radical (unpaired) electrons. The molecule has 1 aliphatic rings. The standard InChI is InChI=1S/C18H21NO6S/c1-13-6-3-4-7-14(13)25-11-18(22)24-9-5-8-19-15(20)12-26-16(19)10-17(21)23-2/h3-4,6-7,10H,5,8-9,11-12H2,1-2H3/b16-10+. The Morgan fingerprint density at radius 2 is 2.08 bits per heavy atom. The number of benzene rings is 1. The number of rotatable bonds is 8. The van der Waals surface area contributed by atoms with E-state index in [2.05, 4.69) is 4.74 Å². The lowest BCUT2D eigenvalue weighted by Gasteiger charge is -2.16. The van der Waals surface area contributed by atoms with Crippen LogP contribution in [0.3, 0.4) is 0 Å². The third kappa shape index (κ3) is 5.80. The Labute approximate surface area is 156 Å². The molecule has 0 aromatic heterocycles. The van der Waals surface area contributed by atoms with Crippen molar-refractivity contribution in [1.82, 2.24) is 4.90 Å². The molecule has 1 heterocycles. The van der Waals surface area contributed by atoms with Crippen molar-refractivity contribution in [2.45, 2.75) is 13.3 Å². The fraction of sp³-hybridized carbons (Fsp3) is 0.389. The zero-order chi connectivity index (χ0) is 18.9. The van der Waals surface area contributed by atoms with Crippen molar-refractivity contribution in [3.05, 3.63) is 40.9 Å². The molecule has 1 amide bonds. The minimum Gasteiger partial charge on any atom is -0.482 e. The molecule has 1 fully saturated rings. The lowest BCUT2D eigenvalue weighted by Crippen LogP contribution is -2.27. The van der Waals surface area contributed by atoms with Gasteiger partial charge in [0.05, 0.1) is 30.6 Å². The Morgan fingerprint density at radius 1 is 1.31 bits per heavy atom. The number of thioether (sulfide) groups is 1. The van der Waals surface area contributed by atoms with E-state index >= 15 is 0 Å². The summed E-state index contributed by atoms with van der Waals surface area (Å²) in [5.74, 6) is -0.138. The van der Waals surface area contributed by atoms with Crippen molar-refractivity contribution in [1.29, 1.82) is 0 Å². The van der Waals surface area contributed by atoms with Crippen LogP contribution >= 0.6 is 11.8 Å². The molecule has 0 aliphatic carbocycles. The van der Waals surface area contributed by atoms with Crippen molar-refractivity contribution in [2.24, 2.45) is 0 Å². The highest BCUT2D eigenvalue weighted by atomic mass is 32.2. The van der Waals surface area contributed by atoms with E-state index in [0.717, 1.165) is 5.56 Å². The SMILES string of the molecule is COC(=O)/C=C1/SCC(=O)N1CCCOC(=O)COc1ccccc1C. The quantitative estimate of drug-likeness (QED) is 0.388. The summed E-state index contributed by atoms with van der Waals surface area (Å²) in [5, 5.41) is 0.552. The molecule has 1 saturated heterocycles. The fourth-order valence-electron chi connectivity index (χ4n) is 2.23. The van der Waals surface area contributed by atoms with Crippen LogP contribution in [0.15, 0.2) is 35.4 Å². The van der Waals surface area contributed by atoms with Crippen molar-refractivity contribution in [3.63, 3.8) is 0 Å². The molecule has 0 bridgehead atoms. The monoisotopic (exact) mass is 379 g/mol. The summed E-state index contributed by atoms with van der Waals surface area (Å²) in [6.07, 6.45) is 1.75. The highest BCUT2D eigenvalue weighted by Gasteiger charge is 2.27. The minimum absolute atomic E-state index is 0.0839. The van der Waals surface area contributed by atoms with E-state index < -0.39 is 11.9 Å². The van der Waals surface area contributed by atoms with Crippen LogP contribution in [0, 0.1) is 6.92 Å². The Kier molecular flexibility index (Phi) is 7.53. The van der Waals surface area contributed by atoms with Gasteiger partial charge in [0.2, 0.25) is 5.91 Å². The molecular formula is C18H21NO6S. The summed E-state index contributed by atoms with van der Waals surface area (Å²) >= 11 is 1.28. The zero-order valence-electron chi connectivity index (χ0n) is 14.7. The van der Waals surface area contributed by atoms with Crippen LogP contribution < -0.4 is 4.74 Å². The molecule has 0 N–H and O–H groups in total. The number of para-hydroxylation sites is 1. The second-order valence-corrected chi connectivity index (χ2v) is 6.46. The molecule has 0 atom stereocenters. The van der Waals surface area contributed by atoms with Gasteiger partial charge in [-0.05, 0) is 25.0 Å². The first-order chi connectivity index (χ1) is 12.5. The van der Waals surface area contributed by atoms with Gasteiger partial charge in [-0.3, -0.25) is 4.79 Å². The predicted molar refractivity (Wildman–Crippen MR) is 96.5 cm³/mol. The number of aryl methyl sites for hydroxylation is 1. The molecule has 140 valence electrons. The number of carbonyl (C=O) groups excluding carboxylic acids is 3. The molecule has 8 heteroatoms. The number of hydrogen-bond donors (Lipinski definition) is 0. The van der Waals surface area contributed by atoms with Gasteiger partial charge in [-0.1, -0.05) is 30.0 Å². The zero-order valence-corrected chi connectivity index (χ0v) is 15.5. The summed E-state index contributed by atoms with van der Waals surface area (Å²) in [7, 11) is 1.28. The van der Waals surface area contributed by atoms with Crippen LogP contribution in [0.25, 0.3) is 0 Å². The maximum absolute atomic E-state index is 11.9. The van der Waals surface area contributed by atoms with Crippen molar-refractivity contribution in [2.75, 3.05) is 32.6 Å². The van der Waals surface area contributed by atoms with Crippen LogP contribution in [-0.2, 0) is 23.9 Å². The molecule has 0 spiro atoms. The van der Waals surface area contributed by atoms with Crippen molar-refractivity contribution in [3.8, 4) is 5.75 Å². The van der Waals surface area contributed by atoms with Gasteiger partial charge in [-0.2, -0.15) is 0 Å². The maximum Gasteiger partial charge on any atom is 0.344 e. The van der Waals surface area contributed by atoms with Gasteiger partial charge >= 0.3 is 11.9 Å². The number of nitrogens with zero attached hydrogens (tertiary/aromatic N) is 1. The van der Waals surface area contributed by atoms with Crippen molar-refractivity contribution < 1.29 is 28.6 Å². The normalized spacial score (nSPS) is 15.2. The highest BCUT2D eigenvalue weighted by Crippen LogP contribution is 2.28. The van der Waals surface area contributed by atoms with E-state index in [1.54, 1.807) is 6.07 Å². The molecule has 26 heavy (non-hydrogen) atoms. The van der Waals surface area contributed by atoms with E-state index in [9.17, 15) is 14.4 Å². The van der Waals surface area contributed by atoms with Gasteiger partial charge in [-0.15, -0.1) is 0 Å². The van der Waals surface area contributed by atoms with Gasteiger partial charge in [0.25, 0.3) is 0 Å². The Hall–Kier alpha value is -2.48. The first-order valence-electron chi connectivity index (χ1n) is 8.08. The van der Waals surface area contributed by atoms with Crippen LogP contribution in [0.5, 0.6) is 5.75 Å². The lowest BCUT2D eigenvalue weighted by molar-refractivity contribution is -0.146. The van der Waals surface area contributed by atoms with Crippen LogP contribution in [0.4, 0.5) is 0 Å². The Morgan fingerprint density at radius 3 is 2.81 bits per heavy atom. The third-order valence-corrected chi connectivity index (χ3v) is 4.61. The Bertz CT molecular complexity index is 703. The van der Waals surface area contributed by atoms with Gasteiger partial charge in [-0.25, -0.2) is 9.59 Å². The smallest absolute Gasteiger partial charge is 0.344 e. The van der Waals surface area contributed by atoms with E-state index in [0.29, 0.717) is 23.7 Å². The minimum atomic E-state index is -0.507. The lowest BCUT2D eigenvalue weighted by atomic mass is 10.2. The molecule has 1 aromatic rings. The molecule has 2 rings (SSSR count). The second kappa shape index (κ2) is 9.86. The highest BCUT2D eigenvalue weighted by molar-refractivity contribution is 8.04. The van der Waals surface area contributed by atoms with Crippen LogP contribution in [0.2, 0.25) is 0 Å². The number of ether oxygens (including phenoxy) is 3. The van der Waals surface area contributed by atoms with Crippen LogP contribution in [-0.4, -0.2) is 55.4 Å². The Balaban J connectivity index is 1.71. The molecule has 1 aromatic carbocycles. The number of amides is 1. The van der Waals surface area contributed by atoms with Gasteiger partial charge in [0.15, 0.2) is 6.61 Å². The molecule has 0 saturated carbocycles. The predicted octanol–water partition coefficient (Wildman–Crippen LogP) is 1.90. The van der Waals surface area contributed by atoms with Crippen molar-refractivity contribution >= 4 is 29.6 Å². The van der Waals surface area contributed by atoms with Crippen LogP contribution in [0.1, 0.15) is 12.0 Å². The number of esters is 2. The maximum atomic E-state index is 11.9. The number of hydrogen-bond acceptors (Lipinski definition) is 7. The summed E-state index contributed by atoms with van der Waals surface area (Å²) in [6, 6.07) is 7.40. The number of methoxy groups -OCH3 is 1. The average Bonchev–Trinajstić information content (AvgIpc) is 2.97. The van der Waals surface area contributed by atoms with Gasteiger partial charge in [0.1, 0.15) is 5.75 Å². The molecule has 1 aliphatic heterocycles. The second-order valence-electron chi connectivity index (χ2n) is 5.47. The summed E-state index contributed by atoms with van der Waals surface area (Å²) in [4.78, 5) is 36.4. The van der Waals surface area contributed by atoms with Gasteiger partial charge < -0.3 is 19.1 Å². The molecular weight excluding hydrogens is 358 g/mol.